The molecule has 1 N–H and O–H groups in total. The molecule has 0 aliphatic carbocycles. The molecule has 4 nitrogen and oxygen atoms in total. The predicted octanol–water partition coefficient (Wildman–Crippen LogP) is 2.39. The van der Waals surface area contributed by atoms with Gasteiger partial charge in [0.1, 0.15) is 24.0 Å². The lowest BCUT2D eigenvalue weighted by Gasteiger charge is -2.29. The monoisotopic (exact) mass is 250 g/mol. The number of carboxylic acids is 1. The van der Waals surface area contributed by atoms with E-state index in [0.717, 1.165) is 0 Å². The summed E-state index contributed by atoms with van der Waals surface area (Å²) in [6.45, 7) is 3.49. The number of nitrogens with zero attached hydrogens (tertiary/aromatic N) is 2. The van der Waals surface area contributed by atoms with Gasteiger partial charge in [-0.1, -0.05) is 13.0 Å². The second-order valence-electron chi connectivity index (χ2n) is 4.02. The number of nitriles is 1. The largest absolute Gasteiger partial charge is 0.480 e. The van der Waals surface area contributed by atoms with Crippen LogP contribution in [0.5, 0.6) is 0 Å². The van der Waals surface area contributed by atoms with Crippen molar-refractivity contribution in [1.29, 1.82) is 5.26 Å². The molecule has 0 aliphatic heterocycles. The fourth-order valence-electron chi connectivity index (χ4n) is 1.71. The van der Waals surface area contributed by atoms with E-state index in [1.807, 2.05) is 13.8 Å². The fraction of sp³-hybridized carbons (Fsp3) is 0.385. The highest BCUT2D eigenvalue weighted by molar-refractivity contribution is 5.75. The molecule has 0 amide bonds. The molecule has 1 aromatic carbocycles. The van der Waals surface area contributed by atoms with E-state index < -0.39 is 11.8 Å². The van der Waals surface area contributed by atoms with Crippen LogP contribution in [0.3, 0.4) is 0 Å². The van der Waals surface area contributed by atoms with Crippen LogP contribution in [0, 0.1) is 17.1 Å². The Morgan fingerprint density at radius 1 is 1.61 bits per heavy atom. The van der Waals surface area contributed by atoms with Crippen LogP contribution in [-0.4, -0.2) is 23.7 Å². The minimum atomic E-state index is -1.01. The maximum Gasteiger partial charge on any atom is 0.323 e. The minimum absolute atomic E-state index is 0.0880. The maximum absolute atomic E-state index is 13.5. The lowest BCUT2D eigenvalue weighted by molar-refractivity contribution is -0.135. The van der Waals surface area contributed by atoms with Gasteiger partial charge >= 0.3 is 5.97 Å². The van der Waals surface area contributed by atoms with E-state index >= 15 is 0 Å². The van der Waals surface area contributed by atoms with Gasteiger partial charge in [0.2, 0.25) is 0 Å². The van der Waals surface area contributed by atoms with Crippen LogP contribution in [0.2, 0.25) is 0 Å². The summed E-state index contributed by atoms with van der Waals surface area (Å²) in [6, 6.07) is 5.93. The molecule has 1 atom stereocenters. The Labute approximate surface area is 105 Å². The molecule has 0 spiro atoms. The van der Waals surface area contributed by atoms with Crippen molar-refractivity contribution >= 4 is 11.7 Å². The summed E-state index contributed by atoms with van der Waals surface area (Å²) in [5.74, 6) is -1.64. The van der Waals surface area contributed by atoms with E-state index in [2.05, 4.69) is 0 Å². The molecule has 0 fully saturated rings. The first-order valence-corrected chi connectivity index (χ1v) is 5.68. The van der Waals surface area contributed by atoms with Gasteiger partial charge in [0.15, 0.2) is 0 Å². The van der Waals surface area contributed by atoms with Gasteiger partial charge in [-0.2, -0.15) is 5.26 Å². The average Bonchev–Trinajstić information content (AvgIpc) is 2.34. The SMILES string of the molecule is CCC(C)N(CC(=O)O)c1cccc(F)c1C#N. The quantitative estimate of drug-likeness (QED) is 0.871. The zero-order valence-corrected chi connectivity index (χ0v) is 10.4. The van der Waals surface area contributed by atoms with Gasteiger partial charge in [0.05, 0.1) is 5.69 Å². The van der Waals surface area contributed by atoms with Crippen molar-refractivity contribution < 1.29 is 14.3 Å². The summed E-state index contributed by atoms with van der Waals surface area (Å²) >= 11 is 0. The van der Waals surface area contributed by atoms with Gasteiger partial charge < -0.3 is 10.0 Å². The molecule has 1 aromatic rings. The van der Waals surface area contributed by atoms with Crippen LogP contribution in [0.1, 0.15) is 25.8 Å². The molecule has 1 unspecified atom stereocenters. The van der Waals surface area contributed by atoms with Crippen LogP contribution in [-0.2, 0) is 4.79 Å². The Hall–Kier alpha value is -2.09. The molecule has 0 aliphatic rings. The second-order valence-corrected chi connectivity index (χ2v) is 4.02. The van der Waals surface area contributed by atoms with Gasteiger partial charge in [-0.3, -0.25) is 4.79 Å². The first-order chi connectivity index (χ1) is 8.51. The fourth-order valence-corrected chi connectivity index (χ4v) is 1.71. The third-order valence-electron chi connectivity index (χ3n) is 2.84. The van der Waals surface area contributed by atoms with Crippen molar-refractivity contribution in [3.8, 4) is 6.07 Å². The summed E-state index contributed by atoms with van der Waals surface area (Å²) in [5.41, 5.74) is 0.216. The Balaban J connectivity index is 3.25. The van der Waals surface area contributed by atoms with Gasteiger partial charge in [-0.25, -0.2) is 4.39 Å². The molecule has 5 heteroatoms. The third-order valence-corrected chi connectivity index (χ3v) is 2.84. The van der Waals surface area contributed by atoms with E-state index in [1.54, 1.807) is 12.1 Å². The van der Waals surface area contributed by atoms with E-state index in [1.165, 1.54) is 17.0 Å². The third kappa shape index (κ3) is 2.98. The van der Waals surface area contributed by atoms with E-state index in [-0.39, 0.29) is 18.2 Å². The molecular formula is C13H15FN2O2. The molecule has 0 radical (unpaired) electrons. The van der Waals surface area contributed by atoms with Crippen molar-refractivity contribution in [2.75, 3.05) is 11.4 Å². The average molecular weight is 250 g/mol. The number of anilines is 1. The van der Waals surface area contributed by atoms with E-state index in [9.17, 15) is 9.18 Å². The highest BCUT2D eigenvalue weighted by Gasteiger charge is 2.20. The summed E-state index contributed by atoms with van der Waals surface area (Å²) < 4.78 is 13.5. The van der Waals surface area contributed by atoms with Gasteiger partial charge in [-0.15, -0.1) is 0 Å². The molecule has 0 bridgehead atoms. The summed E-state index contributed by atoms with van der Waals surface area (Å²) in [5, 5.41) is 17.9. The summed E-state index contributed by atoms with van der Waals surface area (Å²) in [6.07, 6.45) is 0.703. The number of rotatable bonds is 5. The molecule has 0 saturated heterocycles. The van der Waals surface area contributed by atoms with Gasteiger partial charge in [0, 0.05) is 6.04 Å². The van der Waals surface area contributed by atoms with Gasteiger partial charge in [-0.05, 0) is 25.5 Å². The zero-order valence-electron chi connectivity index (χ0n) is 10.4. The Morgan fingerprint density at radius 3 is 2.78 bits per heavy atom. The second kappa shape index (κ2) is 6.01. The zero-order chi connectivity index (χ0) is 13.7. The van der Waals surface area contributed by atoms with Crippen LogP contribution >= 0.6 is 0 Å². The highest BCUT2D eigenvalue weighted by Crippen LogP contribution is 2.25. The van der Waals surface area contributed by atoms with Crippen molar-refractivity contribution in [1.82, 2.24) is 0 Å². The molecule has 0 heterocycles. The standard InChI is InChI=1S/C13H15FN2O2/c1-3-9(2)16(8-13(17)18)12-6-4-5-11(14)10(12)7-15/h4-6,9H,3,8H2,1-2H3,(H,17,18). The van der Waals surface area contributed by atoms with E-state index in [0.29, 0.717) is 12.1 Å². The van der Waals surface area contributed by atoms with Crippen LogP contribution in [0.25, 0.3) is 0 Å². The van der Waals surface area contributed by atoms with Crippen molar-refractivity contribution in [3.05, 3.63) is 29.6 Å². The number of carbonyl (C=O) groups is 1. The van der Waals surface area contributed by atoms with Crippen LogP contribution in [0.15, 0.2) is 18.2 Å². The number of hydrogen-bond acceptors (Lipinski definition) is 3. The highest BCUT2D eigenvalue weighted by atomic mass is 19.1. The van der Waals surface area contributed by atoms with E-state index in [4.69, 9.17) is 10.4 Å². The number of halogens is 1. The summed E-state index contributed by atoms with van der Waals surface area (Å²) in [7, 11) is 0. The lowest BCUT2D eigenvalue weighted by atomic mass is 10.1. The first kappa shape index (κ1) is 14.0. The molecule has 0 saturated carbocycles. The first-order valence-electron chi connectivity index (χ1n) is 5.68. The van der Waals surface area contributed by atoms with Crippen molar-refractivity contribution in [2.24, 2.45) is 0 Å². The van der Waals surface area contributed by atoms with Crippen LogP contribution < -0.4 is 4.90 Å². The Morgan fingerprint density at radius 2 is 2.28 bits per heavy atom. The Kier molecular flexibility index (Phi) is 4.67. The number of benzene rings is 1. The van der Waals surface area contributed by atoms with Crippen molar-refractivity contribution in [2.45, 2.75) is 26.3 Å². The molecule has 1 rings (SSSR count). The molecule has 18 heavy (non-hydrogen) atoms. The molecule has 0 aromatic heterocycles. The number of carboxylic acid groups (broad SMARTS) is 1. The molecule has 96 valence electrons. The Bertz CT molecular complexity index is 482. The lowest BCUT2D eigenvalue weighted by Crippen LogP contribution is -2.37. The van der Waals surface area contributed by atoms with Gasteiger partial charge in [0.25, 0.3) is 0 Å². The van der Waals surface area contributed by atoms with Crippen LogP contribution in [0.4, 0.5) is 10.1 Å². The minimum Gasteiger partial charge on any atom is -0.480 e. The number of hydrogen-bond donors (Lipinski definition) is 1. The smallest absolute Gasteiger partial charge is 0.323 e. The predicted molar refractivity (Wildman–Crippen MR) is 65.8 cm³/mol. The van der Waals surface area contributed by atoms with Crippen molar-refractivity contribution in [3.63, 3.8) is 0 Å². The maximum atomic E-state index is 13.5. The normalized spacial score (nSPS) is 11.7. The molecular weight excluding hydrogens is 235 g/mol. The summed E-state index contributed by atoms with van der Waals surface area (Å²) in [4.78, 5) is 12.4. The number of aliphatic carboxylic acids is 1. The topological polar surface area (TPSA) is 64.3 Å².